The van der Waals surface area contributed by atoms with E-state index in [0.29, 0.717) is 11.6 Å². The van der Waals surface area contributed by atoms with E-state index >= 15 is 0 Å². The number of ether oxygens (including phenoxy) is 1. The fourth-order valence-corrected chi connectivity index (χ4v) is 2.33. The van der Waals surface area contributed by atoms with E-state index in [1.54, 1.807) is 6.92 Å². The monoisotopic (exact) mass is 331 g/mol. The molecule has 2 aromatic carbocycles. The van der Waals surface area contributed by atoms with Gasteiger partial charge in [0.15, 0.2) is 6.10 Å². The highest BCUT2D eigenvalue weighted by Crippen LogP contribution is 2.20. The number of amides is 1. The summed E-state index contributed by atoms with van der Waals surface area (Å²) in [5.74, 6) is 0.644. The van der Waals surface area contributed by atoms with E-state index in [1.807, 2.05) is 56.3 Å². The van der Waals surface area contributed by atoms with E-state index in [9.17, 15) is 4.79 Å². The summed E-state index contributed by atoms with van der Waals surface area (Å²) < 4.78 is 5.78. The third-order valence-electron chi connectivity index (χ3n) is 3.64. The number of carbonyl (C=O) groups is 1. The van der Waals surface area contributed by atoms with Gasteiger partial charge in [0.05, 0.1) is 0 Å². The molecule has 0 radical (unpaired) electrons. The van der Waals surface area contributed by atoms with E-state index < -0.39 is 6.10 Å². The summed E-state index contributed by atoms with van der Waals surface area (Å²) in [5.41, 5.74) is 3.27. The van der Waals surface area contributed by atoms with Gasteiger partial charge in [-0.15, -0.1) is 0 Å². The van der Waals surface area contributed by atoms with Crippen molar-refractivity contribution in [3.05, 3.63) is 64.2 Å². The molecule has 0 heterocycles. The van der Waals surface area contributed by atoms with E-state index in [-0.39, 0.29) is 5.91 Å². The Balaban J connectivity index is 1.83. The first-order valence-electron chi connectivity index (χ1n) is 7.72. The number of benzene rings is 2. The molecule has 2 aromatic rings. The predicted molar refractivity (Wildman–Crippen MR) is 94.2 cm³/mol. The molecule has 23 heavy (non-hydrogen) atoms. The minimum atomic E-state index is -0.527. The molecule has 0 fully saturated rings. The van der Waals surface area contributed by atoms with Gasteiger partial charge < -0.3 is 10.1 Å². The molecule has 1 amide bonds. The van der Waals surface area contributed by atoms with Crippen LogP contribution in [0.5, 0.6) is 5.75 Å². The van der Waals surface area contributed by atoms with Crippen molar-refractivity contribution in [1.29, 1.82) is 0 Å². The van der Waals surface area contributed by atoms with Gasteiger partial charge in [-0.05, 0) is 62.1 Å². The number of nitrogens with one attached hydrogen (secondary N) is 1. The minimum absolute atomic E-state index is 0.111. The highest BCUT2D eigenvalue weighted by Gasteiger charge is 2.15. The summed E-state index contributed by atoms with van der Waals surface area (Å²) in [7, 11) is 0. The van der Waals surface area contributed by atoms with Crippen molar-refractivity contribution in [2.24, 2.45) is 0 Å². The van der Waals surface area contributed by atoms with Gasteiger partial charge in [0.25, 0.3) is 5.91 Å². The second-order valence-corrected chi connectivity index (χ2v) is 6.13. The second kappa shape index (κ2) is 8.02. The van der Waals surface area contributed by atoms with Crippen LogP contribution in [0.1, 0.15) is 23.6 Å². The van der Waals surface area contributed by atoms with Crippen LogP contribution in [0.15, 0.2) is 42.5 Å². The van der Waals surface area contributed by atoms with Gasteiger partial charge in [-0.1, -0.05) is 35.9 Å². The lowest BCUT2D eigenvalue weighted by atomic mass is 10.1. The molecule has 0 aromatic heterocycles. The Kier molecular flexibility index (Phi) is 6.05. The summed E-state index contributed by atoms with van der Waals surface area (Å²) in [6, 6.07) is 13.6. The second-order valence-electron chi connectivity index (χ2n) is 5.70. The molecule has 0 aliphatic rings. The molecule has 1 N–H and O–H groups in total. The molecule has 1 atom stereocenters. The van der Waals surface area contributed by atoms with Crippen molar-refractivity contribution in [2.75, 3.05) is 6.54 Å². The normalized spacial score (nSPS) is 11.8. The van der Waals surface area contributed by atoms with Gasteiger partial charge >= 0.3 is 0 Å². The van der Waals surface area contributed by atoms with Crippen molar-refractivity contribution < 1.29 is 9.53 Å². The van der Waals surface area contributed by atoms with Gasteiger partial charge in [-0.3, -0.25) is 4.79 Å². The van der Waals surface area contributed by atoms with Crippen molar-refractivity contribution in [3.8, 4) is 5.75 Å². The Morgan fingerprint density at radius 2 is 1.87 bits per heavy atom. The molecule has 0 aliphatic carbocycles. The Morgan fingerprint density at radius 1 is 1.17 bits per heavy atom. The summed E-state index contributed by atoms with van der Waals surface area (Å²) in [4.78, 5) is 12.1. The molecule has 0 spiro atoms. The Labute approximate surface area is 142 Å². The lowest BCUT2D eigenvalue weighted by Crippen LogP contribution is -2.37. The zero-order valence-corrected chi connectivity index (χ0v) is 14.5. The van der Waals surface area contributed by atoms with Crippen LogP contribution in [-0.4, -0.2) is 18.6 Å². The fourth-order valence-electron chi connectivity index (χ4n) is 2.20. The van der Waals surface area contributed by atoms with Crippen LogP contribution in [0.25, 0.3) is 0 Å². The van der Waals surface area contributed by atoms with E-state index in [0.717, 1.165) is 28.9 Å². The molecule has 3 nitrogen and oxygen atoms in total. The van der Waals surface area contributed by atoms with Crippen LogP contribution < -0.4 is 10.1 Å². The van der Waals surface area contributed by atoms with Crippen molar-refractivity contribution in [2.45, 2.75) is 33.3 Å². The third kappa shape index (κ3) is 5.29. The van der Waals surface area contributed by atoms with Gasteiger partial charge in [0, 0.05) is 11.6 Å². The van der Waals surface area contributed by atoms with Crippen LogP contribution in [-0.2, 0) is 11.2 Å². The number of hydrogen-bond acceptors (Lipinski definition) is 2. The van der Waals surface area contributed by atoms with Crippen LogP contribution in [0.4, 0.5) is 0 Å². The number of halogens is 1. The molecule has 0 saturated heterocycles. The zero-order chi connectivity index (χ0) is 16.8. The summed E-state index contributed by atoms with van der Waals surface area (Å²) in [6.45, 7) is 6.31. The Morgan fingerprint density at radius 3 is 2.57 bits per heavy atom. The highest BCUT2D eigenvalue weighted by molar-refractivity contribution is 6.30. The maximum absolute atomic E-state index is 12.1. The van der Waals surface area contributed by atoms with Crippen LogP contribution in [0.2, 0.25) is 5.02 Å². The fraction of sp³-hybridized carbons (Fsp3) is 0.316. The smallest absolute Gasteiger partial charge is 0.260 e. The summed E-state index contributed by atoms with van der Waals surface area (Å²) >= 11 is 5.85. The predicted octanol–water partition coefficient (Wildman–Crippen LogP) is 4.08. The molecule has 0 bridgehead atoms. The first-order chi connectivity index (χ1) is 11.0. The first kappa shape index (κ1) is 17.4. The Hall–Kier alpha value is -2.00. The molecular weight excluding hydrogens is 310 g/mol. The van der Waals surface area contributed by atoms with Crippen molar-refractivity contribution >= 4 is 17.5 Å². The van der Waals surface area contributed by atoms with Gasteiger partial charge in [0.2, 0.25) is 0 Å². The molecule has 2 rings (SSSR count). The third-order valence-corrected chi connectivity index (χ3v) is 3.89. The zero-order valence-electron chi connectivity index (χ0n) is 13.7. The average molecular weight is 332 g/mol. The SMILES string of the molecule is Cc1ccc(C)c(O[C@@H](C)C(=O)NCCc2ccc(Cl)cc2)c1. The topological polar surface area (TPSA) is 38.3 Å². The van der Waals surface area contributed by atoms with Crippen molar-refractivity contribution in [3.63, 3.8) is 0 Å². The molecule has 4 heteroatoms. The summed E-state index contributed by atoms with van der Waals surface area (Å²) in [5, 5.41) is 3.62. The van der Waals surface area contributed by atoms with Crippen LogP contribution in [0, 0.1) is 13.8 Å². The molecule has 0 saturated carbocycles. The maximum atomic E-state index is 12.1. The van der Waals surface area contributed by atoms with Gasteiger partial charge in [-0.2, -0.15) is 0 Å². The lowest BCUT2D eigenvalue weighted by Gasteiger charge is -2.16. The molecule has 0 unspecified atom stereocenters. The number of hydrogen-bond donors (Lipinski definition) is 1. The minimum Gasteiger partial charge on any atom is -0.481 e. The standard InChI is InChI=1S/C19H22ClNO2/c1-13-4-5-14(2)18(12-13)23-15(3)19(22)21-11-10-16-6-8-17(20)9-7-16/h4-9,12,15H,10-11H2,1-3H3,(H,21,22)/t15-/m0/s1. The van der Waals surface area contributed by atoms with Crippen LogP contribution >= 0.6 is 11.6 Å². The van der Waals surface area contributed by atoms with Crippen molar-refractivity contribution in [1.82, 2.24) is 5.32 Å². The number of rotatable bonds is 6. The lowest BCUT2D eigenvalue weighted by molar-refractivity contribution is -0.127. The molecule has 122 valence electrons. The molecular formula is C19H22ClNO2. The maximum Gasteiger partial charge on any atom is 0.260 e. The van der Waals surface area contributed by atoms with E-state index in [2.05, 4.69) is 5.32 Å². The Bertz CT molecular complexity index is 668. The van der Waals surface area contributed by atoms with Gasteiger partial charge in [-0.25, -0.2) is 0 Å². The highest BCUT2D eigenvalue weighted by atomic mass is 35.5. The van der Waals surface area contributed by atoms with Crippen LogP contribution in [0.3, 0.4) is 0 Å². The first-order valence-corrected chi connectivity index (χ1v) is 8.09. The molecule has 0 aliphatic heterocycles. The van der Waals surface area contributed by atoms with E-state index in [4.69, 9.17) is 16.3 Å². The van der Waals surface area contributed by atoms with E-state index in [1.165, 1.54) is 0 Å². The quantitative estimate of drug-likeness (QED) is 0.866. The largest absolute Gasteiger partial charge is 0.481 e. The average Bonchev–Trinajstić information content (AvgIpc) is 2.52. The number of aryl methyl sites for hydroxylation is 2. The number of carbonyl (C=O) groups excluding carboxylic acids is 1. The summed E-state index contributed by atoms with van der Waals surface area (Å²) in [6.07, 6.45) is 0.236. The van der Waals surface area contributed by atoms with Gasteiger partial charge in [0.1, 0.15) is 5.75 Å².